The van der Waals surface area contributed by atoms with Gasteiger partial charge in [0.2, 0.25) is 0 Å². The van der Waals surface area contributed by atoms with Crippen LogP contribution in [0.1, 0.15) is 53.6 Å². The molecule has 0 bridgehead atoms. The van der Waals surface area contributed by atoms with Crippen molar-refractivity contribution in [3.05, 3.63) is 64.9 Å². The Balaban J connectivity index is 1.26. The number of ether oxygens (including phenoxy) is 1. The number of H-pyrrole nitrogens is 1. The van der Waals surface area contributed by atoms with Crippen molar-refractivity contribution in [3.8, 4) is 5.75 Å². The van der Waals surface area contributed by atoms with Crippen LogP contribution in [-0.2, 0) is 12.8 Å². The third-order valence-electron chi connectivity index (χ3n) is 7.16. The molecule has 5 nitrogen and oxygen atoms in total. The Bertz CT molecular complexity index is 1170. The first-order valence-corrected chi connectivity index (χ1v) is 11.7. The molecule has 1 aliphatic carbocycles. The van der Waals surface area contributed by atoms with E-state index in [4.69, 9.17) is 4.74 Å². The number of aromatic carboxylic acids is 1. The van der Waals surface area contributed by atoms with Crippen LogP contribution < -0.4 is 4.74 Å². The van der Waals surface area contributed by atoms with Crippen LogP contribution in [0.4, 0.5) is 8.78 Å². The first-order chi connectivity index (χ1) is 16.0. The Morgan fingerprint density at radius 1 is 1.15 bits per heavy atom. The minimum Gasteiger partial charge on any atom is -0.489 e. The van der Waals surface area contributed by atoms with Crippen LogP contribution in [0.15, 0.2) is 36.5 Å². The van der Waals surface area contributed by atoms with E-state index in [0.29, 0.717) is 24.6 Å². The summed E-state index contributed by atoms with van der Waals surface area (Å²) in [7, 11) is 0. The van der Waals surface area contributed by atoms with Gasteiger partial charge in [0, 0.05) is 34.7 Å². The minimum absolute atomic E-state index is 0.0323. The van der Waals surface area contributed by atoms with Crippen molar-refractivity contribution in [1.82, 2.24) is 9.88 Å². The van der Waals surface area contributed by atoms with Gasteiger partial charge in [-0.2, -0.15) is 0 Å². The van der Waals surface area contributed by atoms with E-state index in [-0.39, 0.29) is 23.2 Å². The van der Waals surface area contributed by atoms with Crippen molar-refractivity contribution in [2.24, 2.45) is 0 Å². The largest absolute Gasteiger partial charge is 0.489 e. The topological polar surface area (TPSA) is 65.6 Å². The number of hydrogen-bond donors (Lipinski definition) is 2. The number of benzene rings is 2. The average Bonchev–Trinajstić information content (AvgIpc) is 3.16. The van der Waals surface area contributed by atoms with Gasteiger partial charge in [-0.1, -0.05) is 6.42 Å². The van der Waals surface area contributed by atoms with Crippen molar-refractivity contribution in [3.63, 3.8) is 0 Å². The van der Waals surface area contributed by atoms with Gasteiger partial charge in [0.05, 0.1) is 5.56 Å². The number of carbonyl (C=O) groups is 1. The monoisotopic (exact) mass is 454 g/mol. The quantitative estimate of drug-likeness (QED) is 0.452. The van der Waals surface area contributed by atoms with Crippen LogP contribution in [0.25, 0.3) is 10.9 Å². The fourth-order valence-corrected chi connectivity index (χ4v) is 5.19. The van der Waals surface area contributed by atoms with Gasteiger partial charge in [0.1, 0.15) is 12.4 Å². The zero-order valence-corrected chi connectivity index (χ0v) is 18.4. The lowest BCUT2D eigenvalue weighted by molar-refractivity contribution is 0.0412. The van der Waals surface area contributed by atoms with Gasteiger partial charge in [-0.3, -0.25) is 4.90 Å². The number of nitrogens with one attached hydrogen (secondary N) is 1. The summed E-state index contributed by atoms with van der Waals surface area (Å²) in [6.07, 6.45) is 8.68. The first kappa shape index (κ1) is 21.9. The van der Waals surface area contributed by atoms with E-state index in [0.717, 1.165) is 55.1 Å². The smallest absolute Gasteiger partial charge is 0.336 e. The summed E-state index contributed by atoms with van der Waals surface area (Å²) in [5.41, 5.74) is 2.65. The molecule has 7 heteroatoms. The molecule has 0 unspecified atom stereocenters. The van der Waals surface area contributed by atoms with E-state index >= 15 is 0 Å². The number of hydrogen-bond acceptors (Lipinski definition) is 3. The molecule has 1 atom stereocenters. The standard InChI is InChI=1S/C26H28F2N2O3/c27-17-7-10-24-21(12-17)16(14-29-24)4-1-2-11-30(18-5-3-6-18)19-13-22-20(26(31)32)8-9-23(28)25(22)33-15-19/h7-10,12,14,18-19,29H,1-6,11,13,15H2,(H,31,32)/t19-/m0/s1. The maximum atomic E-state index is 14.2. The van der Waals surface area contributed by atoms with Crippen LogP contribution in [0.2, 0.25) is 0 Å². The summed E-state index contributed by atoms with van der Waals surface area (Å²) in [6.45, 7) is 1.24. The molecule has 0 amide bonds. The lowest BCUT2D eigenvalue weighted by atomic mass is 9.87. The first-order valence-electron chi connectivity index (χ1n) is 11.7. The fraction of sp³-hybridized carbons (Fsp3) is 0.423. The highest BCUT2D eigenvalue weighted by molar-refractivity contribution is 5.90. The van der Waals surface area contributed by atoms with Gasteiger partial charge in [0.25, 0.3) is 0 Å². The molecule has 1 aliphatic heterocycles. The molecule has 5 rings (SSSR count). The van der Waals surface area contributed by atoms with Gasteiger partial charge >= 0.3 is 5.97 Å². The average molecular weight is 455 g/mol. The molecule has 1 fully saturated rings. The lowest BCUT2D eigenvalue weighted by Gasteiger charge is -2.44. The Morgan fingerprint density at radius 2 is 2.00 bits per heavy atom. The molecule has 1 aromatic heterocycles. The van der Waals surface area contributed by atoms with Gasteiger partial charge in [-0.15, -0.1) is 0 Å². The van der Waals surface area contributed by atoms with Crippen LogP contribution in [0.5, 0.6) is 5.75 Å². The van der Waals surface area contributed by atoms with Gasteiger partial charge < -0.3 is 14.8 Å². The zero-order chi connectivity index (χ0) is 22.9. The molecule has 3 aromatic rings. The zero-order valence-electron chi connectivity index (χ0n) is 18.4. The maximum absolute atomic E-state index is 14.2. The number of carboxylic acid groups (broad SMARTS) is 1. The molecule has 2 aliphatic rings. The van der Waals surface area contributed by atoms with Crippen LogP contribution in [0.3, 0.4) is 0 Å². The van der Waals surface area contributed by atoms with E-state index in [2.05, 4.69) is 9.88 Å². The molecule has 33 heavy (non-hydrogen) atoms. The summed E-state index contributed by atoms with van der Waals surface area (Å²) in [5, 5.41) is 10.5. The third kappa shape index (κ3) is 4.34. The van der Waals surface area contributed by atoms with Crippen LogP contribution in [-0.4, -0.2) is 46.2 Å². The molecule has 174 valence electrons. The number of carboxylic acids is 1. The van der Waals surface area contributed by atoms with Crippen molar-refractivity contribution < 1.29 is 23.4 Å². The number of aromatic nitrogens is 1. The molecule has 0 radical (unpaired) electrons. The summed E-state index contributed by atoms with van der Waals surface area (Å²) in [5.74, 6) is -1.69. The highest BCUT2D eigenvalue weighted by Crippen LogP contribution is 2.35. The van der Waals surface area contributed by atoms with Crippen LogP contribution >= 0.6 is 0 Å². The number of aromatic amines is 1. The second kappa shape index (κ2) is 9.14. The van der Waals surface area contributed by atoms with Gasteiger partial charge in [-0.25, -0.2) is 13.6 Å². The number of fused-ring (bicyclic) bond motifs is 2. The SMILES string of the molecule is O=C(O)c1ccc(F)c2c1C[C@H](N(CCCCc1c[nH]c3ccc(F)cc13)C1CCC1)CO2. The molecular weight excluding hydrogens is 426 g/mol. The van der Waals surface area contributed by atoms with E-state index in [1.807, 2.05) is 6.20 Å². The van der Waals surface area contributed by atoms with Gasteiger partial charge in [0.15, 0.2) is 11.6 Å². The third-order valence-corrected chi connectivity index (χ3v) is 7.16. The van der Waals surface area contributed by atoms with Gasteiger partial charge in [-0.05, 0) is 81.0 Å². The Kier molecular flexibility index (Phi) is 6.06. The molecule has 2 N–H and O–H groups in total. The normalized spacial score (nSPS) is 18.2. The van der Waals surface area contributed by atoms with Crippen LogP contribution in [0, 0.1) is 11.6 Å². The highest BCUT2D eigenvalue weighted by Gasteiger charge is 2.35. The molecule has 2 heterocycles. The second-order valence-corrected chi connectivity index (χ2v) is 9.16. The highest BCUT2D eigenvalue weighted by atomic mass is 19.1. The van der Waals surface area contributed by atoms with Crippen molar-refractivity contribution in [1.29, 1.82) is 0 Å². The number of halogens is 2. The van der Waals surface area contributed by atoms with Crippen molar-refractivity contribution in [2.75, 3.05) is 13.2 Å². The predicted molar refractivity (Wildman–Crippen MR) is 122 cm³/mol. The minimum atomic E-state index is -1.05. The molecule has 1 saturated carbocycles. The Labute approximate surface area is 191 Å². The summed E-state index contributed by atoms with van der Waals surface area (Å²) in [4.78, 5) is 17.3. The second-order valence-electron chi connectivity index (χ2n) is 9.16. The molecule has 2 aromatic carbocycles. The van der Waals surface area contributed by atoms with E-state index in [1.165, 1.54) is 24.6 Å². The maximum Gasteiger partial charge on any atom is 0.336 e. The van der Waals surface area contributed by atoms with E-state index in [1.54, 1.807) is 12.1 Å². The van der Waals surface area contributed by atoms with Crippen molar-refractivity contribution >= 4 is 16.9 Å². The molecular formula is C26H28F2N2O3. The fourth-order valence-electron chi connectivity index (χ4n) is 5.19. The number of unbranched alkanes of at least 4 members (excludes halogenated alkanes) is 1. The summed E-state index contributed by atoms with van der Waals surface area (Å²) in [6, 6.07) is 7.81. The van der Waals surface area contributed by atoms with E-state index < -0.39 is 11.8 Å². The summed E-state index contributed by atoms with van der Waals surface area (Å²) >= 11 is 0. The Hall–Kier alpha value is -2.93. The number of rotatable bonds is 8. The Morgan fingerprint density at radius 3 is 2.76 bits per heavy atom. The molecule has 0 saturated heterocycles. The molecule has 0 spiro atoms. The number of aryl methyl sites for hydroxylation is 1. The van der Waals surface area contributed by atoms with Crippen molar-refractivity contribution in [2.45, 2.75) is 57.0 Å². The summed E-state index contributed by atoms with van der Waals surface area (Å²) < 4.78 is 33.6. The predicted octanol–water partition coefficient (Wildman–Crippen LogP) is 5.33. The lowest BCUT2D eigenvalue weighted by Crippen LogP contribution is -2.51. The number of nitrogens with zero attached hydrogens (tertiary/aromatic N) is 1. The van der Waals surface area contributed by atoms with E-state index in [9.17, 15) is 18.7 Å².